The van der Waals surface area contributed by atoms with E-state index in [0.717, 1.165) is 31.2 Å². The highest BCUT2D eigenvalue weighted by Crippen LogP contribution is 2.23. The minimum absolute atomic E-state index is 0. The summed E-state index contributed by atoms with van der Waals surface area (Å²) < 4.78 is 27.0. The smallest absolute Gasteiger partial charge is 0.240 e. The van der Waals surface area contributed by atoms with Gasteiger partial charge in [0.2, 0.25) is 10.0 Å². The van der Waals surface area contributed by atoms with Gasteiger partial charge in [-0.3, -0.25) is 0 Å². The number of aryl methyl sites for hydroxylation is 1. The predicted octanol–water partition coefficient (Wildman–Crippen LogP) is 2.21. The summed E-state index contributed by atoms with van der Waals surface area (Å²) in [5, 5.41) is 0. The fourth-order valence-electron chi connectivity index (χ4n) is 2.55. The first-order valence-corrected chi connectivity index (χ1v) is 8.27. The number of hydrogen-bond donors (Lipinski definition) is 2. The molecule has 6 heteroatoms. The van der Waals surface area contributed by atoms with Crippen molar-refractivity contribution in [2.75, 3.05) is 6.54 Å². The van der Waals surface area contributed by atoms with Crippen LogP contribution in [0.25, 0.3) is 0 Å². The topological polar surface area (TPSA) is 72.2 Å². The Balaban J connectivity index is 0.00000200. The quantitative estimate of drug-likeness (QED) is 0.894. The van der Waals surface area contributed by atoms with Crippen molar-refractivity contribution in [1.29, 1.82) is 0 Å². The molecule has 1 aromatic rings. The number of sulfonamides is 1. The number of benzene rings is 1. The highest BCUT2D eigenvalue weighted by Gasteiger charge is 2.21. The van der Waals surface area contributed by atoms with Crippen LogP contribution in [0.4, 0.5) is 0 Å². The maximum Gasteiger partial charge on any atom is 0.240 e. The van der Waals surface area contributed by atoms with Gasteiger partial charge in [0, 0.05) is 12.6 Å². The molecular weight excluding hydrogens is 296 g/mol. The lowest BCUT2D eigenvalue weighted by atomic mass is 9.86. The third-order valence-electron chi connectivity index (χ3n) is 3.72. The van der Waals surface area contributed by atoms with Crippen LogP contribution in [-0.2, 0) is 10.0 Å². The normalized spacial score (nSPS) is 23.1. The number of nitrogens with one attached hydrogen (secondary N) is 1. The molecule has 0 radical (unpaired) electrons. The molecule has 1 fully saturated rings. The molecule has 2 atom stereocenters. The fourth-order valence-corrected chi connectivity index (χ4v) is 3.66. The predicted molar refractivity (Wildman–Crippen MR) is 83.5 cm³/mol. The van der Waals surface area contributed by atoms with E-state index < -0.39 is 10.0 Å². The minimum atomic E-state index is -3.38. The van der Waals surface area contributed by atoms with Crippen LogP contribution in [0, 0.1) is 12.8 Å². The molecule has 0 amide bonds. The zero-order chi connectivity index (χ0) is 13.9. The lowest BCUT2D eigenvalue weighted by molar-refractivity contribution is 0.322. The lowest BCUT2D eigenvalue weighted by Gasteiger charge is -2.26. The van der Waals surface area contributed by atoms with E-state index in [0.29, 0.717) is 17.4 Å². The van der Waals surface area contributed by atoms with Crippen molar-refractivity contribution in [2.24, 2.45) is 11.7 Å². The second-order valence-electron chi connectivity index (χ2n) is 5.46. The van der Waals surface area contributed by atoms with Gasteiger partial charge in [-0.05, 0) is 44.2 Å². The second-order valence-corrected chi connectivity index (χ2v) is 7.22. The van der Waals surface area contributed by atoms with Crippen molar-refractivity contribution in [3.05, 3.63) is 29.8 Å². The van der Waals surface area contributed by atoms with Crippen molar-refractivity contribution >= 4 is 22.4 Å². The molecule has 0 saturated heterocycles. The van der Waals surface area contributed by atoms with E-state index in [1.165, 1.54) is 0 Å². The van der Waals surface area contributed by atoms with Gasteiger partial charge >= 0.3 is 0 Å². The molecule has 1 aromatic carbocycles. The van der Waals surface area contributed by atoms with Crippen LogP contribution in [-0.4, -0.2) is 21.0 Å². The molecule has 3 N–H and O–H groups in total. The molecule has 1 saturated carbocycles. The lowest BCUT2D eigenvalue weighted by Crippen LogP contribution is -2.35. The zero-order valence-electron chi connectivity index (χ0n) is 11.7. The third kappa shape index (κ3) is 4.74. The number of nitrogens with two attached hydrogens (primary N) is 1. The molecule has 1 aliphatic rings. The van der Waals surface area contributed by atoms with Gasteiger partial charge in [0.05, 0.1) is 4.90 Å². The first kappa shape index (κ1) is 17.4. The maximum atomic E-state index is 12.1. The van der Waals surface area contributed by atoms with Gasteiger partial charge < -0.3 is 5.73 Å². The summed E-state index contributed by atoms with van der Waals surface area (Å²) in [4.78, 5) is 0.332. The van der Waals surface area contributed by atoms with Gasteiger partial charge in [-0.2, -0.15) is 0 Å². The summed E-state index contributed by atoms with van der Waals surface area (Å²) >= 11 is 0. The number of rotatable bonds is 4. The van der Waals surface area contributed by atoms with Crippen molar-refractivity contribution < 1.29 is 8.42 Å². The third-order valence-corrected chi connectivity index (χ3v) is 5.16. The van der Waals surface area contributed by atoms with Crippen molar-refractivity contribution in [3.63, 3.8) is 0 Å². The Morgan fingerprint density at radius 2 is 1.90 bits per heavy atom. The molecule has 2 unspecified atom stereocenters. The van der Waals surface area contributed by atoms with Crippen LogP contribution in [0.1, 0.15) is 31.2 Å². The van der Waals surface area contributed by atoms with Gasteiger partial charge in [0.1, 0.15) is 0 Å². The van der Waals surface area contributed by atoms with E-state index in [4.69, 9.17) is 5.73 Å². The standard InChI is InChI=1S/C14H22N2O2S.ClH/c1-11-5-7-14(8-6-11)19(17,18)16-10-12-3-2-4-13(15)9-12;/h5-8,12-13,16H,2-4,9-10,15H2,1H3;1H. The minimum Gasteiger partial charge on any atom is -0.328 e. The average Bonchev–Trinajstić information content (AvgIpc) is 2.37. The highest BCUT2D eigenvalue weighted by atomic mass is 35.5. The molecule has 114 valence electrons. The average molecular weight is 319 g/mol. The van der Waals surface area contributed by atoms with E-state index in [-0.39, 0.29) is 18.4 Å². The Morgan fingerprint density at radius 1 is 1.25 bits per heavy atom. The number of hydrogen-bond acceptors (Lipinski definition) is 3. The SMILES string of the molecule is Cc1ccc(S(=O)(=O)NCC2CCCC(N)C2)cc1.Cl. The summed E-state index contributed by atoms with van der Waals surface area (Å²) in [6.07, 6.45) is 4.12. The maximum absolute atomic E-state index is 12.1. The Bertz CT molecular complexity index is 516. The summed E-state index contributed by atoms with van der Waals surface area (Å²) in [5.41, 5.74) is 6.97. The van der Waals surface area contributed by atoms with Crippen LogP contribution in [0.15, 0.2) is 29.2 Å². The monoisotopic (exact) mass is 318 g/mol. The van der Waals surface area contributed by atoms with Crippen molar-refractivity contribution in [2.45, 2.75) is 43.5 Å². The van der Waals surface area contributed by atoms with E-state index in [1.807, 2.05) is 19.1 Å². The molecule has 0 spiro atoms. The molecular formula is C14H23ClN2O2S. The Hall–Kier alpha value is -0.620. The van der Waals surface area contributed by atoms with E-state index >= 15 is 0 Å². The van der Waals surface area contributed by atoms with Crippen LogP contribution in [0.3, 0.4) is 0 Å². The van der Waals surface area contributed by atoms with Crippen LogP contribution in [0.5, 0.6) is 0 Å². The van der Waals surface area contributed by atoms with Crippen molar-refractivity contribution in [1.82, 2.24) is 4.72 Å². The second kappa shape index (κ2) is 7.41. The molecule has 0 aromatic heterocycles. The molecule has 20 heavy (non-hydrogen) atoms. The largest absolute Gasteiger partial charge is 0.328 e. The summed E-state index contributed by atoms with van der Waals surface area (Å²) in [6.45, 7) is 2.43. The van der Waals surface area contributed by atoms with E-state index in [1.54, 1.807) is 12.1 Å². The first-order valence-electron chi connectivity index (χ1n) is 6.79. The molecule has 0 bridgehead atoms. The van der Waals surface area contributed by atoms with Crippen LogP contribution in [0.2, 0.25) is 0 Å². The van der Waals surface area contributed by atoms with E-state index in [9.17, 15) is 8.42 Å². The van der Waals surface area contributed by atoms with Gasteiger partial charge in [0.25, 0.3) is 0 Å². The highest BCUT2D eigenvalue weighted by molar-refractivity contribution is 7.89. The Kier molecular flexibility index (Phi) is 6.45. The molecule has 0 heterocycles. The fraction of sp³-hybridized carbons (Fsp3) is 0.571. The Labute approximate surface area is 127 Å². The summed E-state index contributed by atoms with van der Waals surface area (Å²) in [6, 6.07) is 7.13. The van der Waals surface area contributed by atoms with Crippen LogP contribution >= 0.6 is 12.4 Å². The van der Waals surface area contributed by atoms with E-state index in [2.05, 4.69) is 4.72 Å². The summed E-state index contributed by atoms with van der Waals surface area (Å²) in [7, 11) is -3.38. The van der Waals surface area contributed by atoms with Gasteiger partial charge in [0.15, 0.2) is 0 Å². The number of halogens is 1. The van der Waals surface area contributed by atoms with Gasteiger partial charge in [-0.25, -0.2) is 13.1 Å². The summed E-state index contributed by atoms with van der Waals surface area (Å²) in [5.74, 6) is 0.365. The van der Waals surface area contributed by atoms with Gasteiger partial charge in [-0.15, -0.1) is 12.4 Å². The zero-order valence-corrected chi connectivity index (χ0v) is 13.3. The van der Waals surface area contributed by atoms with Crippen molar-refractivity contribution in [3.8, 4) is 0 Å². The van der Waals surface area contributed by atoms with Crippen LogP contribution < -0.4 is 10.5 Å². The molecule has 4 nitrogen and oxygen atoms in total. The van der Waals surface area contributed by atoms with Gasteiger partial charge in [-0.1, -0.05) is 24.1 Å². The molecule has 1 aliphatic carbocycles. The molecule has 0 aliphatic heterocycles. The first-order chi connectivity index (χ1) is 8.97. The Morgan fingerprint density at radius 3 is 2.50 bits per heavy atom. The molecule has 2 rings (SSSR count).